The van der Waals surface area contributed by atoms with Crippen molar-refractivity contribution < 1.29 is 14.3 Å². The molecule has 3 rings (SSSR count). The molecule has 0 aromatic rings. The molecule has 0 N–H and O–H groups in total. The molecule has 0 radical (unpaired) electrons. The van der Waals surface area contributed by atoms with Gasteiger partial charge in [-0.1, -0.05) is 12.8 Å². The Morgan fingerprint density at radius 1 is 0.870 bits per heavy atom. The van der Waals surface area contributed by atoms with Gasteiger partial charge in [-0.15, -0.1) is 0 Å². The van der Waals surface area contributed by atoms with E-state index in [0.29, 0.717) is 38.5 Å². The molecule has 0 spiro atoms. The van der Waals surface area contributed by atoms with E-state index >= 15 is 0 Å². The Labute approximate surface area is 138 Å². The number of piperazine rings is 1. The number of carbonyl (C=O) groups excluding carboxylic acids is 2. The van der Waals surface area contributed by atoms with Gasteiger partial charge in [0, 0.05) is 58.2 Å². The van der Waals surface area contributed by atoms with Gasteiger partial charge >= 0.3 is 0 Å². The number of ether oxygens (including phenoxy) is 1. The summed E-state index contributed by atoms with van der Waals surface area (Å²) in [6.45, 7) is 7.03. The van der Waals surface area contributed by atoms with Crippen molar-refractivity contribution in [3.05, 3.63) is 0 Å². The number of rotatable bonds is 4. The molecule has 0 unspecified atom stereocenters. The Bertz CT molecular complexity index is 409. The van der Waals surface area contributed by atoms with Crippen LogP contribution in [0.15, 0.2) is 0 Å². The van der Waals surface area contributed by atoms with Crippen molar-refractivity contribution in [2.24, 2.45) is 5.92 Å². The molecule has 2 amide bonds. The average molecular weight is 323 g/mol. The molecule has 2 heterocycles. The van der Waals surface area contributed by atoms with Gasteiger partial charge in [0.2, 0.25) is 11.8 Å². The summed E-state index contributed by atoms with van der Waals surface area (Å²) >= 11 is 0. The SMILES string of the molecule is O=C(CCN1CCOCC1)N1CCN(C(=O)C2CCCC2)CC1. The quantitative estimate of drug-likeness (QED) is 0.759. The van der Waals surface area contributed by atoms with E-state index in [4.69, 9.17) is 4.74 Å². The van der Waals surface area contributed by atoms with Crippen LogP contribution in [-0.4, -0.2) is 85.5 Å². The lowest BCUT2D eigenvalue weighted by Crippen LogP contribution is -2.52. The predicted octanol–water partition coefficient (Wildman–Crippen LogP) is 0.570. The number of amides is 2. The average Bonchev–Trinajstić information content (AvgIpc) is 3.15. The first-order valence-corrected chi connectivity index (χ1v) is 9.11. The van der Waals surface area contributed by atoms with Crippen LogP contribution in [0.1, 0.15) is 32.1 Å². The van der Waals surface area contributed by atoms with E-state index in [1.807, 2.05) is 9.80 Å². The smallest absolute Gasteiger partial charge is 0.225 e. The summed E-state index contributed by atoms with van der Waals surface area (Å²) in [6, 6.07) is 0. The minimum absolute atomic E-state index is 0.226. The number of morpholine rings is 1. The van der Waals surface area contributed by atoms with Crippen LogP contribution in [0.2, 0.25) is 0 Å². The van der Waals surface area contributed by atoms with Crippen molar-refractivity contribution >= 4 is 11.8 Å². The van der Waals surface area contributed by atoms with E-state index in [1.165, 1.54) is 12.8 Å². The molecular formula is C17H29N3O3. The highest BCUT2D eigenvalue weighted by Gasteiger charge is 2.30. The van der Waals surface area contributed by atoms with Gasteiger partial charge in [0.05, 0.1) is 13.2 Å². The number of carbonyl (C=O) groups is 2. The van der Waals surface area contributed by atoms with Gasteiger partial charge in [-0.3, -0.25) is 14.5 Å². The van der Waals surface area contributed by atoms with Crippen LogP contribution < -0.4 is 0 Å². The van der Waals surface area contributed by atoms with Gasteiger partial charge in [-0.05, 0) is 12.8 Å². The molecule has 130 valence electrons. The largest absolute Gasteiger partial charge is 0.379 e. The van der Waals surface area contributed by atoms with E-state index in [2.05, 4.69) is 4.90 Å². The molecule has 2 saturated heterocycles. The molecule has 2 aliphatic heterocycles. The topological polar surface area (TPSA) is 53.1 Å². The molecule has 0 aromatic carbocycles. The molecule has 0 bridgehead atoms. The van der Waals surface area contributed by atoms with E-state index in [0.717, 1.165) is 45.7 Å². The lowest BCUT2D eigenvalue weighted by Gasteiger charge is -2.36. The van der Waals surface area contributed by atoms with Crippen molar-refractivity contribution in [1.82, 2.24) is 14.7 Å². The van der Waals surface area contributed by atoms with Crippen LogP contribution in [0, 0.1) is 5.92 Å². The lowest BCUT2D eigenvalue weighted by atomic mass is 10.1. The van der Waals surface area contributed by atoms with Crippen LogP contribution in [-0.2, 0) is 14.3 Å². The Morgan fingerprint density at radius 2 is 1.48 bits per heavy atom. The monoisotopic (exact) mass is 323 g/mol. The molecule has 3 fully saturated rings. The molecule has 23 heavy (non-hydrogen) atoms. The summed E-state index contributed by atoms with van der Waals surface area (Å²) in [5.74, 6) is 0.797. The van der Waals surface area contributed by atoms with Crippen LogP contribution in [0.3, 0.4) is 0 Å². The number of nitrogens with zero attached hydrogens (tertiary/aromatic N) is 3. The highest BCUT2D eigenvalue weighted by atomic mass is 16.5. The summed E-state index contributed by atoms with van der Waals surface area (Å²) < 4.78 is 5.32. The van der Waals surface area contributed by atoms with Crippen molar-refractivity contribution in [2.75, 3.05) is 59.0 Å². The first kappa shape index (κ1) is 16.7. The molecule has 1 saturated carbocycles. The Morgan fingerprint density at radius 3 is 2.13 bits per heavy atom. The highest BCUT2D eigenvalue weighted by Crippen LogP contribution is 2.26. The Kier molecular flexibility index (Phi) is 5.89. The van der Waals surface area contributed by atoms with Crippen LogP contribution in [0.25, 0.3) is 0 Å². The lowest BCUT2D eigenvalue weighted by molar-refractivity contribution is -0.142. The fraction of sp³-hybridized carbons (Fsp3) is 0.882. The minimum atomic E-state index is 0.226. The fourth-order valence-corrected chi connectivity index (χ4v) is 3.84. The maximum absolute atomic E-state index is 12.4. The van der Waals surface area contributed by atoms with Crippen LogP contribution in [0.5, 0.6) is 0 Å². The summed E-state index contributed by atoms with van der Waals surface area (Å²) in [5, 5.41) is 0. The molecule has 0 aromatic heterocycles. The summed E-state index contributed by atoms with van der Waals surface area (Å²) in [7, 11) is 0. The summed E-state index contributed by atoms with van der Waals surface area (Å²) in [6.07, 6.45) is 5.07. The third-order valence-electron chi connectivity index (χ3n) is 5.39. The maximum atomic E-state index is 12.4. The first-order valence-electron chi connectivity index (χ1n) is 9.11. The van der Waals surface area contributed by atoms with Gasteiger partial charge in [0.25, 0.3) is 0 Å². The molecule has 6 heteroatoms. The third kappa shape index (κ3) is 4.44. The van der Waals surface area contributed by atoms with Gasteiger partial charge in [0.1, 0.15) is 0 Å². The normalized spacial score (nSPS) is 24.2. The fourth-order valence-electron chi connectivity index (χ4n) is 3.84. The summed E-state index contributed by atoms with van der Waals surface area (Å²) in [5.41, 5.74) is 0. The Balaban J connectivity index is 1.37. The van der Waals surface area contributed by atoms with Crippen molar-refractivity contribution in [3.63, 3.8) is 0 Å². The molecule has 6 nitrogen and oxygen atoms in total. The zero-order valence-electron chi connectivity index (χ0n) is 14.0. The van der Waals surface area contributed by atoms with Gasteiger partial charge < -0.3 is 14.5 Å². The molecular weight excluding hydrogens is 294 g/mol. The van der Waals surface area contributed by atoms with Crippen LogP contribution in [0.4, 0.5) is 0 Å². The second kappa shape index (κ2) is 8.11. The number of hydrogen-bond donors (Lipinski definition) is 0. The second-order valence-corrected chi connectivity index (χ2v) is 6.89. The molecule has 3 aliphatic rings. The molecule has 0 atom stereocenters. The zero-order chi connectivity index (χ0) is 16.1. The molecule has 1 aliphatic carbocycles. The van der Waals surface area contributed by atoms with Gasteiger partial charge in [-0.2, -0.15) is 0 Å². The zero-order valence-corrected chi connectivity index (χ0v) is 14.0. The van der Waals surface area contributed by atoms with Crippen molar-refractivity contribution in [1.29, 1.82) is 0 Å². The van der Waals surface area contributed by atoms with Gasteiger partial charge in [-0.25, -0.2) is 0 Å². The van der Waals surface area contributed by atoms with Gasteiger partial charge in [0.15, 0.2) is 0 Å². The minimum Gasteiger partial charge on any atom is -0.379 e. The predicted molar refractivity (Wildman–Crippen MR) is 87.0 cm³/mol. The third-order valence-corrected chi connectivity index (χ3v) is 5.39. The first-order chi connectivity index (χ1) is 11.2. The van der Waals surface area contributed by atoms with Crippen molar-refractivity contribution in [2.45, 2.75) is 32.1 Å². The van der Waals surface area contributed by atoms with Crippen molar-refractivity contribution in [3.8, 4) is 0 Å². The Hall–Kier alpha value is -1.14. The van der Waals surface area contributed by atoms with E-state index < -0.39 is 0 Å². The van der Waals surface area contributed by atoms with E-state index in [1.54, 1.807) is 0 Å². The summed E-state index contributed by atoms with van der Waals surface area (Å²) in [4.78, 5) is 30.9. The second-order valence-electron chi connectivity index (χ2n) is 6.89. The number of hydrogen-bond acceptors (Lipinski definition) is 4. The van der Waals surface area contributed by atoms with E-state index in [9.17, 15) is 9.59 Å². The van der Waals surface area contributed by atoms with E-state index in [-0.39, 0.29) is 11.8 Å². The maximum Gasteiger partial charge on any atom is 0.225 e. The van der Waals surface area contributed by atoms with Crippen LogP contribution >= 0.6 is 0 Å². The standard InChI is InChI=1S/C17H29N3O3/c21-16(5-6-18-11-13-23-14-12-18)19-7-9-20(10-8-19)17(22)15-3-1-2-4-15/h15H,1-14H2. The highest BCUT2D eigenvalue weighted by molar-refractivity contribution is 5.80.